The first-order valence-electron chi connectivity index (χ1n) is 8.83. The highest BCUT2D eigenvalue weighted by atomic mass is 79.9. The minimum Gasteiger partial charge on any atom is -0.482 e. The van der Waals surface area contributed by atoms with Gasteiger partial charge >= 0.3 is 5.97 Å². The molecule has 0 fully saturated rings. The van der Waals surface area contributed by atoms with Crippen molar-refractivity contribution in [2.24, 2.45) is 0 Å². The highest BCUT2D eigenvalue weighted by molar-refractivity contribution is 9.11. The van der Waals surface area contributed by atoms with E-state index in [4.69, 9.17) is 21.1 Å². The van der Waals surface area contributed by atoms with Gasteiger partial charge in [-0.05, 0) is 52.3 Å². The molecule has 3 aromatic rings. The van der Waals surface area contributed by atoms with Gasteiger partial charge < -0.3 is 14.8 Å². The van der Waals surface area contributed by atoms with Crippen molar-refractivity contribution in [3.05, 3.63) is 91.8 Å². The Balaban J connectivity index is 1.69. The van der Waals surface area contributed by atoms with Gasteiger partial charge in [0.05, 0.1) is 15.1 Å². The van der Waals surface area contributed by atoms with Gasteiger partial charge in [0.25, 0.3) is 5.91 Å². The minimum absolute atomic E-state index is 0.129. The molecule has 3 aromatic carbocycles. The highest BCUT2D eigenvalue weighted by Crippen LogP contribution is 2.33. The Morgan fingerprint density at radius 3 is 2.40 bits per heavy atom. The van der Waals surface area contributed by atoms with Crippen molar-refractivity contribution < 1.29 is 19.1 Å². The minimum atomic E-state index is -0.569. The van der Waals surface area contributed by atoms with Crippen LogP contribution in [0, 0.1) is 0 Å². The van der Waals surface area contributed by atoms with Gasteiger partial charge in [-0.1, -0.05) is 57.9 Å². The number of hydrogen-bond donors (Lipinski definition) is 1. The fraction of sp³-hybridized carbons (Fsp3) is 0.0909. The van der Waals surface area contributed by atoms with Crippen molar-refractivity contribution in [1.82, 2.24) is 5.32 Å². The van der Waals surface area contributed by atoms with E-state index in [9.17, 15) is 9.59 Å². The van der Waals surface area contributed by atoms with Crippen molar-refractivity contribution in [2.45, 2.75) is 6.54 Å². The molecule has 0 unspecified atom stereocenters. The predicted molar refractivity (Wildman–Crippen MR) is 122 cm³/mol. The number of esters is 1. The molecule has 1 amide bonds. The predicted octanol–water partition coefficient (Wildman–Crippen LogP) is 5.78. The quantitative estimate of drug-likeness (QED) is 0.298. The van der Waals surface area contributed by atoms with Crippen LogP contribution in [0.2, 0.25) is 5.02 Å². The van der Waals surface area contributed by atoms with Crippen LogP contribution >= 0.6 is 43.5 Å². The zero-order valence-corrected chi connectivity index (χ0v) is 19.5. The zero-order valence-electron chi connectivity index (χ0n) is 15.5. The Morgan fingerprint density at radius 2 is 1.67 bits per heavy atom. The van der Waals surface area contributed by atoms with E-state index in [0.717, 1.165) is 4.47 Å². The Morgan fingerprint density at radius 1 is 0.967 bits per heavy atom. The molecule has 0 bridgehead atoms. The molecule has 0 saturated heterocycles. The highest BCUT2D eigenvalue weighted by Gasteiger charge is 2.17. The zero-order chi connectivity index (χ0) is 21.5. The van der Waals surface area contributed by atoms with Crippen LogP contribution in [-0.4, -0.2) is 18.5 Å². The summed E-state index contributed by atoms with van der Waals surface area (Å²) in [7, 11) is 0. The standard InChI is InChI=1S/C22H16Br2ClNO4/c23-15-10-14(12-26-22(28)17-8-4-5-9-19(17)25)21(18(24)11-15)30-20(27)13-29-16-6-2-1-3-7-16/h1-11H,12-13H2,(H,26,28). The van der Waals surface area contributed by atoms with Crippen molar-refractivity contribution in [1.29, 1.82) is 0 Å². The average Bonchev–Trinajstić information content (AvgIpc) is 2.73. The van der Waals surface area contributed by atoms with Gasteiger partial charge in [-0.2, -0.15) is 0 Å². The molecule has 0 radical (unpaired) electrons. The summed E-state index contributed by atoms with van der Waals surface area (Å²) < 4.78 is 12.3. The van der Waals surface area contributed by atoms with E-state index in [1.807, 2.05) is 18.2 Å². The number of carbonyl (C=O) groups excluding carboxylic acids is 2. The Kier molecular flexibility index (Phi) is 7.90. The van der Waals surface area contributed by atoms with Crippen LogP contribution in [0.3, 0.4) is 0 Å². The molecule has 0 spiro atoms. The summed E-state index contributed by atoms with van der Waals surface area (Å²) in [6, 6.07) is 19.2. The number of carbonyl (C=O) groups is 2. The van der Waals surface area contributed by atoms with Gasteiger partial charge in [0.1, 0.15) is 11.5 Å². The lowest BCUT2D eigenvalue weighted by molar-refractivity contribution is -0.136. The molecule has 154 valence electrons. The third-order valence-corrected chi connectivity index (χ3v) is 5.34. The van der Waals surface area contributed by atoms with Crippen molar-refractivity contribution in [3.8, 4) is 11.5 Å². The molecule has 8 heteroatoms. The number of hydrogen-bond acceptors (Lipinski definition) is 4. The maximum absolute atomic E-state index is 12.5. The van der Waals surface area contributed by atoms with Crippen LogP contribution < -0.4 is 14.8 Å². The summed E-state index contributed by atoms with van der Waals surface area (Å²) in [6.45, 7) is -0.123. The maximum atomic E-state index is 12.5. The third kappa shape index (κ3) is 6.08. The van der Waals surface area contributed by atoms with Gasteiger partial charge in [0.15, 0.2) is 6.61 Å². The Hall–Kier alpha value is -2.35. The van der Waals surface area contributed by atoms with Gasteiger partial charge in [0.2, 0.25) is 0 Å². The molecule has 0 saturated carbocycles. The van der Waals surface area contributed by atoms with Gasteiger partial charge in [-0.25, -0.2) is 4.79 Å². The van der Waals surface area contributed by atoms with Crippen LogP contribution in [0.25, 0.3) is 0 Å². The fourth-order valence-corrected chi connectivity index (χ4v) is 4.19. The van der Waals surface area contributed by atoms with Crippen LogP contribution in [-0.2, 0) is 11.3 Å². The van der Waals surface area contributed by atoms with E-state index < -0.39 is 5.97 Å². The lowest BCUT2D eigenvalue weighted by atomic mass is 10.1. The average molecular weight is 554 g/mol. The van der Waals surface area contributed by atoms with Crippen LogP contribution in [0.4, 0.5) is 0 Å². The van der Waals surface area contributed by atoms with Crippen LogP contribution in [0.5, 0.6) is 11.5 Å². The SMILES string of the molecule is O=C(COc1ccccc1)Oc1c(Br)cc(Br)cc1CNC(=O)c1ccccc1Cl. The summed E-state index contributed by atoms with van der Waals surface area (Å²) >= 11 is 12.9. The van der Waals surface area contributed by atoms with E-state index in [1.165, 1.54) is 0 Å². The fourth-order valence-electron chi connectivity index (χ4n) is 2.58. The molecule has 0 aliphatic heterocycles. The molecular weight excluding hydrogens is 538 g/mol. The van der Waals surface area contributed by atoms with Crippen molar-refractivity contribution in [2.75, 3.05) is 6.61 Å². The molecule has 0 aromatic heterocycles. The smallest absolute Gasteiger partial charge is 0.349 e. The lowest BCUT2D eigenvalue weighted by Crippen LogP contribution is -2.24. The number of ether oxygens (including phenoxy) is 2. The summed E-state index contributed by atoms with van der Waals surface area (Å²) in [5, 5.41) is 3.15. The van der Waals surface area contributed by atoms with E-state index in [-0.39, 0.29) is 19.1 Å². The van der Waals surface area contributed by atoms with Gasteiger partial charge in [-0.15, -0.1) is 0 Å². The second-order valence-electron chi connectivity index (χ2n) is 6.11. The number of para-hydroxylation sites is 1. The van der Waals surface area contributed by atoms with E-state index in [0.29, 0.717) is 32.1 Å². The second-order valence-corrected chi connectivity index (χ2v) is 8.29. The first kappa shape index (κ1) is 22.3. The number of amides is 1. The van der Waals surface area contributed by atoms with Crippen LogP contribution in [0.1, 0.15) is 15.9 Å². The monoisotopic (exact) mass is 551 g/mol. The summed E-state index contributed by atoms with van der Waals surface area (Å²) in [5.74, 6) is -0.0298. The molecular formula is C22H16Br2ClNO4. The molecule has 0 aliphatic carbocycles. The first-order valence-corrected chi connectivity index (χ1v) is 10.8. The Labute approximate surface area is 195 Å². The normalized spacial score (nSPS) is 10.4. The van der Waals surface area contributed by atoms with Crippen molar-refractivity contribution in [3.63, 3.8) is 0 Å². The van der Waals surface area contributed by atoms with E-state index in [2.05, 4.69) is 37.2 Å². The second kappa shape index (κ2) is 10.6. The van der Waals surface area contributed by atoms with Crippen LogP contribution in [0.15, 0.2) is 75.7 Å². The maximum Gasteiger partial charge on any atom is 0.349 e. The largest absolute Gasteiger partial charge is 0.482 e. The third-order valence-electron chi connectivity index (χ3n) is 3.96. The molecule has 3 rings (SSSR count). The molecule has 5 nitrogen and oxygen atoms in total. The summed E-state index contributed by atoms with van der Waals surface area (Å²) in [6.07, 6.45) is 0. The molecule has 1 N–H and O–H groups in total. The lowest BCUT2D eigenvalue weighted by Gasteiger charge is -2.14. The molecule has 0 atom stereocenters. The number of nitrogens with one attached hydrogen (secondary N) is 1. The summed E-state index contributed by atoms with van der Waals surface area (Å²) in [4.78, 5) is 24.7. The van der Waals surface area contributed by atoms with Crippen molar-refractivity contribution >= 4 is 55.3 Å². The number of rotatable bonds is 7. The molecule has 30 heavy (non-hydrogen) atoms. The molecule has 0 aliphatic rings. The van der Waals surface area contributed by atoms with E-state index in [1.54, 1.807) is 48.5 Å². The number of benzene rings is 3. The topological polar surface area (TPSA) is 64.6 Å². The molecule has 0 heterocycles. The summed E-state index contributed by atoms with van der Waals surface area (Å²) in [5.41, 5.74) is 0.966. The first-order chi connectivity index (χ1) is 14.4. The number of halogens is 3. The van der Waals surface area contributed by atoms with Gasteiger partial charge in [0, 0.05) is 16.6 Å². The van der Waals surface area contributed by atoms with Gasteiger partial charge in [-0.3, -0.25) is 4.79 Å². The van der Waals surface area contributed by atoms with E-state index >= 15 is 0 Å². The Bertz CT molecular complexity index is 1060.